The fourth-order valence-electron chi connectivity index (χ4n) is 2.65. The first kappa shape index (κ1) is 15.9. The number of amides is 1. The first-order valence-electron chi connectivity index (χ1n) is 7.59. The van der Waals surface area contributed by atoms with Crippen molar-refractivity contribution in [3.63, 3.8) is 0 Å². The molecule has 1 aromatic carbocycles. The maximum Gasteiger partial charge on any atom is 0.234 e. The summed E-state index contributed by atoms with van der Waals surface area (Å²) < 4.78 is 0. The van der Waals surface area contributed by atoms with Gasteiger partial charge in [0.25, 0.3) is 0 Å². The maximum absolute atomic E-state index is 12.1. The number of rotatable bonds is 6. The van der Waals surface area contributed by atoms with E-state index in [1.165, 1.54) is 0 Å². The highest BCUT2D eigenvalue weighted by atomic mass is 16.3. The van der Waals surface area contributed by atoms with Gasteiger partial charge in [-0.3, -0.25) is 9.69 Å². The highest BCUT2D eigenvalue weighted by Gasteiger charge is 2.19. The topological polar surface area (TPSA) is 78.6 Å². The van der Waals surface area contributed by atoms with Gasteiger partial charge in [0.15, 0.2) is 0 Å². The number of carbonyl (C=O) groups excluding carboxylic acids is 1. The predicted octanol–water partition coefficient (Wildman–Crippen LogP) is 0.129. The van der Waals surface area contributed by atoms with Gasteiger partial charge in [-0.2, -0.15) is 0 Å². The van der Waals surface area contributed by atoms with Crippen LogP contribution in [0.2, 0.25) is 0 Å². The molecule has 0 unspecified atom stereocenters. The smallest absolute Gasteiger partial charge is 0.234 e. The van der Waals surface area contributed by atoms with E-state index in [1.54, 1.807) is 0 Å². The second-order valence-electron chi connectivity index (χ2n) is 5.75. The van der Waals surface area contributed by atoms with Gasteiger partial charge >= 0.3 is 0 Å². The van der Waals surface area contributed by atoms with E-state index in [2.05, 4.69) is 10.2 Å². The van der Waals surface area contributed by atoms with Crippen molar-refractivity contribution >= 4 is 5.91 Å². The minimum absolute atomic E-state index is 0.0274. The molecule has 0 bridgehead atoms. The molecule has 5 heteroatoms. The number of carbonyl (C=O) groups is 1. The molecule has 1 amide bonds. The molecule has 0 radical (unpaired) electrons. The van der Waals surface area contributed by atoms with Crippen LogP contribution < -0.4 is 11.1 Å². The summed E-state index contributed by atoms with van der Waals surface area (Å²) in [5.41, 5.74) is 6.97. The molecule has 1 aliphatic rings. The summed E-state index contributed by atoms with van der Waals surface area (Å²) >= 11 is 0. The monoisotopic (exact) mass is 291 g/mol. The van der Waals surface area contributed by atoms with Crippen molar-refractivity contribution in [1.82, 2.24) is 10.2 Å². The first-order chi connectivity index (χ1) is 10.2. The lowest BCUT2D eigenvalue weighted by atomic mass is 10.1. The zero-order valence-electron chi connectivity index (χ0n) is 12.4. The number of hydrogen-bond donors (Lipinski definition) is 3. The number of nitrogens with two attached hydrogens (primary N) is 1. The van der Waals surface area contributed by atoms with Crippen molar-refractivity contribution in [3.8, 4) is 0 Å². The number of likely N-dealkylation sites (tertiary alicyclic amines) is 1. The van der Waals surface area contributed by atoms with E-state index in [0.717, 1.165) is 31.5 Å². The molecule has 1 aliphatic heterocycles. The molecule has 21 heavy (non-hydrogen) atoms. The minimum atomic E-state index is -0.230. The Morgan fingerprint density at radius 3 is 2.62 bits per heavy atom. The Balaban J connectivity index is 1.77. The number of piperidine rings is 1. The van der Waals surface area contributed by atoms with Crippen molar-refractivity contribution in [3.05, 3.63) is 35.9 Å². The quantitative estimate of drug-likeness (QED) is 0.696. The van der Waals surface area contributed by atoms with Crippen molar-refractivity contribution in [2.24, 2.45) is 5.73 Å². The summed E-state index contributed by atoms with van der Waals surface area (Å²) in [6.07, 6.45) is 2.54. The van der Waals surface area contributed by atoms with Crippen LogP contribution in [-0.2, 0) is 11.2 Å². The normalized spacial score (nSPS) is 18.4. The number of nitrogens with zero attached hydrogens (tertiary/aromatic N) is 1. The highest BCUT2D eigenvalue weighted by Crippen LogP contribution is 2.08. The molecule has 0 spiro atoms. The van der Waals surface area contributed by atoms with Crippen LogP contribution in [0.25, 0.3) is 0 Å². The van der Waals surface area contributed by atoms with Crippen molar-refractivity contribution < 1.29 is 9.90 Å². The van der Waals surface area contributed by atoms with Crippen LogP contribution in [0.4, 0.5) is 0 Å². The van der Waals surface area contributed by atoms with Gasteiger partial charge < -0.3 is 16.2 Å². The zero-order valence-corrected chi connectivity index (χ0v) is 12.4. The molecule has 2 rings (SSSR count). The summed E-state index contributed by atoms with van der Waals surface area (Å²) in [5, 5.41) is 12.3. The molecule has 0 aromatic heterocycles. The van der Waals surface area contributed by atoms with E-state index in [4.69, 9.17) is 5.73 Å². The fraction of sp³-hybridized carbons (Fsp3) is 0.562. The Morgan fingerprint density at radius 1 is 1.33 bits per heavy atom. The fourth-order valence-corrected chi connectivity index (χ4v) is 2.65. The van der Waals surface area contributed by atoms with Crippen LogP contribution in [0.15, 0.2) is 30.3 Å². The Bertz CT molecular complexity index is 430. The lowest BCUT2D eigenvalue weighted by molar-refractivity contribution is -0.123. The summed E-state index contributed by atoms with van der Waals surface area (Å²) in [7, 11) is 0. The Morgan fingerprint density at radius 2 is 2.00 bits per heavy atom. The van der Waals surface area contributed by atoms with E-state index in [-0.39, 0.29) is 24.6 Å². The SMILES string of the molecule is NC1CCN(CC(=O)N[C@H](CO)Cc2ccccc2)CC1. The van der Waals surface area contributed by atoms with Crippen LogP contribution >= 0.6 is 0 Å². The van der Waals surface area contributed by atoms with E-state index >= 15 is 0 Å². The predicted molar refractivity (Wildman–Crippen MR) is 82.8 cm³/mol. The van der Waals surface area contributed by atoms with E-state index < -0.39 is 0 Å². The van der Waals surface area contributed by atoms with E-state index in [0.29, 0.717) is 13.0 Å². The minimum Gasteiger partial charge on any atom is -0.394 e. The molecular formula is C16H25N3O2. The molecular weight excluding hydrogens is 266 g/mol. The second kappa shape index (κ2) is 8.12. The molecule has 116 valence electrons. The van der Waals surface area contributed by atoms with Crippen LogP contribution in [-0.4, -0.2) is 54.2 Å². The van der Waals surface area contributed by atoms with Crippen molar-refractivity contribution in [2.75, 3.05) is 26.2 Å². The van der Waals surface area contributed by atoms with Crippen LogP contribution in [0.1, 0.15) is 18.4 Å². The standard InChI is InChI=1S/C16H25N3O2/c17-14-6-8-19(9-7-14)11-16(21)18-15(12-20)10-13-4-2-1-3-5-13/h1-5,14-15,20H,6-12,17H2,(H,18,21)/t15-/m0/s1. The lowest BCUT2D eigenvalue weighted by Crippen LogP contribution is -2.47. The summed E-state index contributed by atoms with van der Waals surface area (Å²) in [6.45, 7) is 2.08. The van der Waals surface area contributed by atoms with Crippen molar-refractivity contribution in [1.29, 1.82) is 0 Å². The molecule has 1 atom stereocenters. The third-order valence-electron chi connectivity index (χ3n) is 3.91. The Kier molecular flexibility index (Phi) is 6.17. The maximum atomic E-state index is 12.1. The summed E-state index contributed by atoms with van der Waals surface area (Å²) in [5.74, 6) is -0.0274. The van der Waals surface area contributed by atoms with Crippen LogP contribution in [0.5, 0.6) is 0 Å². The van der Waals surface area contributed by atoms with Gasteiger partial charge in [-0.15, -0.1) is 0 Å². The second-order valence-corrected chi connectivity index (χ2v) is 5.75. The van der Waals surface area contributed by atoms with Crippen molar-refractivity contribution in [2.45, 2.75) is 31.3 Å². The number of benzene rings is 1. The molecule has 4 N–H and O–H groups in total. The van der Waals surface area contributed by atoms with E-state index in [9.17, 15) is 9.90 Å². The molecule has 1 fully saturated rings. The molecule has 1 aromatic rings. The molecule has 0 aliphatic carbocycles. The van der Waals surface area contributed by atoms with Crippen LogP contribution in [0.3, 0.4) is 0 Å². The summed E-state index contributed by atoms with van der Waals surface area (Å²) in [4.78, 5) is 14.2. The van der Waals surface area contributed by atoms with Gasteiger partial charge in [-0.1, -0.05) is 30.3 Å². The molecule has 1 saturated heterocycles. The van der Waals surface area contributed by atoms with Gasteiger partial charge in [0.1, 0.15) is 0 Å². The molecule has 0 saturated carbocycles. The average Bonchev–Trinajstić information content (AvgIpc) is 2.50. The zero-order chi connectivity index (χ0) is 15.1. The van der Waals surface area contributed by atoms with Crippen LogP contribution in [0, 0.1) is 0 Å². The largest absolute Gasteiger partial charge is 0.394 e. The molecule has 1 heterocycles. The third-order valence-corrected chi connectivity index (χ3v) is 3.91. The number of aliphatic hydroxyl groups is 1. The Hall–Kier alpha value is -1.43. The number of aliphatic hydroxyl groups excluding tert-OH is 1. The van der Waals surface area contributed by atoms with Gasteiger partial charge in [0.2, 0.25) is 5.91 Å². The summed E-state index contributed by atoms with van der Waals surface area (Å²) in [6, 6.07) is 9.92. The lowest BCUT2D eigenvalue weighted by Gasteiger charge is -2.30. The Labute approximate surface area is 126 Å². The van der Waals surface area contributed by atoms with Gasteiger partial charge in [-0.05, 0) is 24.8 Å². The van der Waals surface area contributed by atoms with Gasteiger partial charge in [0.05, 0.1) is 19.2 Å². The third kappa shape index (κ3) is 5.46. The highest BCUT2D eigenvalue weighted by molar-refractivity contribution is 5.78. The number of nitrogens with one attached hydrogen (secondary N) is 1. The van der Waals surface area contributed by atoms with Gasteiger partial charge in [-0.25, -0.2) is 0 Å². The first-order valence-corrected chi connectivity index (χ1v) is 7.59. The van der Waals surface area contributed by atoms with E-state index in [1.807, 2.05) is 30.3 Å². The average molecular weight is 291 g/mol. The van der Waals surface area contributed by atoms with Gasteiger partial charge in [0, 0.05) is 19.1 Å². The number of hydrogen-bond acceptors (Lipinski definition) is 4. The molecule has 5 nitrogen and oxygen atoms in total.